The molecule has 0 saturated heterocycles. The Labute approximate surface area is 173 Å². The van der Waals surface area contributed by atoms with E-state index in [1.807, 2.05) is 53.9 Å². The van der Waals surface area contributed by atoms with Crippen LogP contribution >= 0.6 is 11.3 Å². The molecule has 8 heteroatoms. The normalized spacial score (nSPS) is 16.3. The van der Waals surface area contributed by atoms with E-state index in [1.54, 1.807) is 17.4 Å². The van der Waals surface area contributed by atoms with Gasteiger partial charge in [-0.1, -0.05) is 36.4 Å². The lowest BCUT2D eigenvalue weighted by atomic mass is 10.00. The summed E-state index contributed by atoms with van der Waals surface area (Å²) < 4.78 is 16.0. The molecule has 2 N–H and O–H groups in total. The van der Waals surface area contributed by atoms with Crippen LogP contribution in [-0.2, 0) is 25.6 Å². The number of aldehydes is 1. The van der Waals surface area contributed by atoms with Gasteiger partial charge in [0.1, 0.15) is 12.6 Å². The summed E-state index contributed by atoms with van der Waals surface area (Å²) in [5, 5.41) is 7.87. The van der Waals surface area contributed by atoms with Gasteiger partial charge in [0.05, 0.1) is 10.6 Å². The zero-order valence-electron chi connectivity index (χ0n) is 16.1. The number of methoxy groups -OCH3 is 2. The first kappa shape index (κ1) is 20.8. The van der Waals surface area contributed by atoms with E-state index in [0.29, 0.717) is 12.0 Å². The molecule has 0 saturated carbocycles. The molecule has 29 heavy (non-hydrogen) atoms. The van der Waals surface area contributed by atoms with Crippen LogP contribution < -0.4 is 10.6 Å². The summed E-state index contributed by atoms with van der Waals surface area (Å²) in [6.45, 7) is 0.127. The Morgan fingerprint density at radius 3 is 2.55 bits per heavy atom. The summed E-state index contributed by atoms with van der Waals surface area (Å²) in [6, 6.07) is 12.4. The number of allylic oxidation sites excluding steroid dienone is 2. The summed E-state index contributed by atoms with van der Waals surface area (Å²) in [4.78, 5) is 25.2. The maximum absolute atomic E-state index is 12.3. The summed E-state index contributed by atoms with van der Waals surface area (Å²) in [5.74, 6) is -1.63. The number of nitrogens with one attached hydrogen (secondary N) is 2. The second kappa shape index (κ2) is 9.51. The highest BCUT2D eigenvalue weighted by atomic mass is 32.1. The first-order valence-electron chi connectivity index (χ1n) is 8.88. The quantitative estimate of drug-likeness (QED) is 0.510. The Morgan fingerprint density at radius 2 is 1.93 bits per heavy atom. The number of thiophene rings is 1. The van der Waals surface area contributed by atoms with Crippen LogP contribution in [0.1, 0.15) is 10.4 Å². The molecular weight excluding hydrogens is 392 g/mol. The smallest absolute Gasteiger partial charge is 0.411 e. The van der Waals surface area contributed by atoms with E-state index < -0.39 is 17.9 Å². The van der Waals surface area contributed by atoms with Gasteiger partial charge in [-0.05, 0) is 29.2 Å². The molecule has 1 aliphatic rings. The minimum Gasteiger partial charge on any atom is -0.444 e. The number of carbonyl (C=O) groups is 2. The molecular formula is C21H22N2O5S. The van der Waals surface area contributed by atoms with Crippen molar-refractivity contribution in [1.29, 1.82) is 0 Å². The predicted molar refractivity (Wildman–Crippen MR) is 110 cm³/mol. The number of ether oxygens (including phenoxy) is 3. The lowest BCUT2D eigenvalue weighted by molar-refractivity contribution is -0.203. The number of carbonyl (C=O) groups excluding carboxylic acids is 2. The number of amides is 1. The van der Waals surface area contributed by atoms with Gasteiger partial charge in [-0.3, -0.25) is 10.1 Å². The highest BCUT2D eigenvalue weighted by Crippen LogP contribution is 2.28. The Balaban J connectivity index is 1.80. The summed E-state index contributed by atoms with van der Waals surface area (Å²) in [6.07, 6.45) is 3.44. The molecule has 2 aromatic rings. The Bertz CT molecular complexity index is 889. The Hall–Kier alpha value is -2.94. The molecule has 1 unspecified atom stereocenters. The van der Waals surface area contributed by atoms with Gasteiger partial charge in [0.15, 0.2) is 6.29 Å². The molecule has 7 nitrogen and oxygen atoms in total. The van der Waals surface area contributed by atoms with Crippen molar-refractivity contribution in [2.75, 3.05) is 14.2 Å². The number of hydrogen-bond acceptors (Lipinski definition) is 7. The van der Waals surface area contributed by atoms with Crippen LogP contribution in [0.15, 0.2) is 65.7 Å². The second-order valence-electron chi connectivity index (χ2n) is 6.19. The molecule has 0 fully saturated rings. The molecule has 1 atom stereocenters. The molecule has 0 bridgehead atoms. The van der Waals surface area contributed by atoms with Crippen molar-refractivity contribution in [1.82, 2.24) is 10.6 Å². The highest BCUT2D eigenvalue weighted by molar-refractivity contribution is 7.11. The van der Waals surface area contributed by atoms with Gasteiger partial charge in [-0.2, -0.15) is 0 Å². The third kappa shape index (κ3) is 4.73. The second-order valence-corrected chi connectivity index (χ2v) is 7.14. The predicted octanol–water partition coefficient (Wildman–Crippen LogP) is 3.06. The number of rotatable bonds is 8. The molecule has 0 spiro atoms. The maximum Gasteiger partial charge on any atom is 0.411 e. The van der Waals surface area contributed by atoms with Crippen LogP contribution in [0.4, 0.5) is 4.79 Å². The molecule has 1 aliphatic heterocycles. The highest BCUT2D eigenvalue weighted by Gasteiger charge is 2.44. The Kier molecular flexibility index (Phi) is 6.82. The first-order valence-corrected chi connectivity index (χ1v) is 9.76. The molecule has 152 valence electrons. The SMILES string of the molecule is COC(C=O)(OC)C1NC(c2cccs2)=CC=C1NC(=O)OCc1ccccc1. The van der Waals surface area contributed by atoms with Crippen molar-refractivity contribution >= 4 is 29.4 Å². The molecule has 0 radical (unpaired) electrons. The van der Waals surface area contributed by atoms with E-state index in [4.69, 9.17) is 14.2 Å². The fourth-order valence-electron chi connectivity index (χ4n) is 2.93. The van der Waals surface area contributed by atoms with E-state index in [0.717, 1.165) is 16.1 Å². The Morgan fingerprint density at radius 1 is 1.17 bits per heavy atom. The van der Waals surface area contributed by atoms with Crippen LogP contribution in [0.2, 0.25) is 0 Å². The van der Waals surface area contributed by atoms with Crippen molar-refractivity contribution in [2.24, 2.45) is 0 Å². The van der Waals surface area contributed by atoms with Gasteiger partial charge < -0.3 is 19.5 Å². The molecule has 3 rings (SSSR count). The fraction of sp³-hybridized carbons (Fsp3) is 0.238. The largest absolute Gasteiger partial charge is 0.444 e. The van der Waals surface area contributed by atoms with Crippen molar-refractivity contribution in [3.8, 4) is 0 Å². The molecule has 1 amide bonds. The molecule has 1 aromatic heterocycles. The summed E-state index contributed by atoms with van der Waals surface area (Å²) in [7, 11) is 2.74. The van der Waals surface area contributed by atoms with Crippen molar-refractivity contribution in [2.45, 2.75) is 18.4 Å². The van der Waals surface area contributed by atoms with Crippen LogP contribution in [0.5, 0.6) is 0 Å². The minimum absolute atomic E-state index is 0.127. The third-order valence-electron chi connectivity index (χ3n) is 4.49. The van der Waals surface area contributed by atoms with Crippen molar-refractivity contribution in [3.63, 3.8) is 0 Å². The van der Waals surface area contributed by atoms with Gasteiger partial charge in [0.2, 0.25) is 0 Å². The average Bonchev–Trinajstić information content (AvgIpc) is 3.30. The van der Waals surface area contributed by atoms with E-state index in [2.05, 4.69) is 10.6 Å². The number of dihydropyridines is 1. The standard InChI is InChI=1S/C21H22N2O5S/c1-26-21(14-24,27-2)19-17(11-10-16(22-19)18-9-6-12-29-18)23-20(25)28-13-15-7-4-3-5-8-15/h3-12,14,19,22H,13H2,1-2H3,(H,23,25). The summed E-state index contributed by atoms with van der Waals surface area (Å²) in [5.41, 5.74) is 2.04. The summed E-state index contributed by atoms with van der Waals surface area (Å²) >= 11 is 1.54. The van der Waals surface area contributed by atoms with Gasteiger partial charge >= 0.3 is 6.09 Å². The van der Waals surface area contributed by atoms with E-state index in [-0.39, 0.29) is 6.61 Å². The fourth-order valence-corrected chi connectivity index (χ4v) is 3.64. The molecule has 0 aliphatic carbocycles. The third-order valence-corrected chi connectivity index (χ3v) is 5.39. The minimum atomic E-state index is -1.63. The topological polar surface area (TPSA) is 85.9 Å². The molecule has 2 heterocycles. The van der Waals surface area contributed by atoms with E-state index in [9.17, 15) is 9.59 Å². The van der Waals surface area contributed by atoms with Gasteiger partial charge in [-0.25, -0.2) is 4.79 Å². The number of alkyl carbamates (subject to hydrolysis) is 1. The monoisotopic (exact) mass is 414 g/mol. The first-order chi connectivity index (χ1) is 14.1. The van der Waals surface area contributed by atoms with Gasteiger partial charge in [-0.15, -0.1) is 11.3 Å². The lowest BCUT2D eigenvalue weighted by Crippen LogP contribution is -2.58. The average molecular weight is 414 g/mol. The van der Waals surface area contributed by atoms with Crippen molar-refractivity contribution in [3.05, 3.63) is 76.1 Å². The zero-order chi connectivity index (χ0) is 20.7. The van der Waals surface area contributed by atoms with E-state index in [1.165, 1.54) is 14.2 Å². The zero-order valence-corrected chi connectivity index (χ0v) is 16.9. The molecule has 1 aromatic carbocycles. The maximum atomic E-state index is 12.3. The van der Waals surface area contributed by atoms with Gasteiger partial charge in [0.25, 0.3) is 5.79 Å². The van der Waals surface area contributed by atoms with Crippen LogP contribution in [0.3, 0.4) is 0 Å². The van der Waals surface area contributed by atoms with Crippen LogP contribution in [0, 0.1) is 0 Å². The lowest BCUT2D eigenvalue weighted by Gasteiger charge is -2.37. The number of hydrogen-bond donors (Lipinski definition) is 2. The van der Waals surface area contributed by atoms with Crippen molar-refractivity contribution < 1.29 is 23.8 Å². The van der Waals surface area contributed by atoms with E-state index >= 15 is 0 Å². The van der Waals surface area contributed by atoms with Crippen LogP contribution in [-0.4, -0.2) is 38.4 Å². The van der Waals surface area contributed by atoms with Gasteiger partial charge in [0, 0.05) is 19.9 Å². The number of benzene rings is 1. The van der Waals surface area contributed by atoms with Crippen LogP contribution in [0.25, 0.3) is 5.70 Å².